The third-order valence-corrected chi connectivity index (χ3v) is 4.37. The molecule has 0 aliphatic carbocycles. The highest BCUT2D eigenvalue weighted by atomic mass is 16.5. The number of hydrogen-bond donors (Lipinski definition) is 1. The summed E-state index contributed by atoms with van der Waals surface area (Å²) in [5, 5.41) is 10.1. The van der Waals surface area contributed by atoms with E-state index >= 15 is 0 Å². The van der Waals surface area contributed by atoms with Crippen molar-refractivity contribution in [2.24, 2.45) is 0 Å². The molecule has 3 aromatic rings. The van der Waals surface area contributed by atoms with Gasteiger partial charge in [0, 0.05) is 0 Å². The van der Waals surface area contributed by atoms with Crippen LogP contribution in [0.5, 0.6) is 5.75 Å². The lowest BCUT2D eigenvalue weighted by atomic mass is 10.1. The summed E-state index contributed by atoms with van der Waals surface area (Å²) in [6.45, 7) is 9.15. The van der Waals surface area contributed by atoms with Crippen molar-refractivity contribution >= 4 is 11.0 Å². The van der Waals surface area contributed by atoms with Crippen LogP contribution in [0.4, 0.5) is 0 Å². The standard InChI is InChI=1S/C20H24N2O2/c1-13-5-7-17(8-6-13)24-10-9-22-19-12-15(3)14(2)11-18(19)21-20(22)16(4)23/h5-8,11-12,16,23H,9-10H2,1-4H3. The summed E-state index contributed by atoms with van der Waals surface area (Å²) in [5.41, 5.74) is 5.61. The number of aliphatic hydroxyl groups excluding tert-OH is 1. The maximum absolute atomic E-state index is 10.1. The lowest BCUT2D eigenvalue weighted by Crippen LogP contribution is -2.13. The molecule has 1 aromatic heterocycles. The molecule has 1 heterocycles. The summed E-state index contributed by atoms with van der Waals surface area (Å²) in [4.78, 5) is 4.61. The van der Waals surface area contributed by atoms with Gasteiger partial charge in [-0.3, -0.25) is 0 Å². The first-order valence-corrected chi connectivity index (χ1v) is 8.30. The zero-order valence-electron chi connectivity index (χ0n) is 14.7. The smallest absolute Gasteiger partial charge is 0.138 e. The van der Waals surface area contributed by atoms with Crippen LogP contribution in [-0.4, -0.2) is 21.3 Å². The molecule has 1 N–H and O–H groups in total. The maximum Gasteiger partial charge on any atom is 0.138 e. The Bertz CT molecular complexity index is 848. The molecule has 0 bridgehead atoms. The van der Waals surface area contributed by atoms with Gasteiger partial charge in [0.25, 0.3) is 0 Å². The van der Waals surface area contributed by atoms with E-state index in [0.29, 0.717) is 19.0 Å². The molecule has 0 radical (unpaired) electrons. The van der Waals surface area contributed by atoms with Gasteiger partial charge in [0.15, 0.2) is 0 Å². The first kappa shape index (κ1) is 16.5. The predicted octanol–water partition coefficient (Wildman–Crippen LogP) is 4.09. The predicted molar refractivity (Wildman–Crippen MR) is 96.5 cm³/mol. The average Bonchev–Trinajstić information content (AvgIpc) is 2.88. The van der Waals surface area contributed by atoms with Crippen LogP contribution in [0.25, 0.3) is 11.0 Å². The highest BCUT2D eigenvalue weighted by molar-refractivity contribution is 5.78. The van der Waals surface area contributed by atoms with Gasteiger partial charge in [0.2, 0.25) is 0 Å². The topological polar surface area (TPSA) is 47.3 Å². The van der Waals surface area contributed by atoms with E-state index in [-0.39, 0.29) is 0 Å². The van der Waals surface area contributed by atoms with Gasteiger partial charge < -0.3 is 14.4 Å². The van der Waals surface area contributed by atoms with Gasteiger partial charge in [-0.1, -0.05) is 17.7 Å². The molecule has 4 nitrogen and oxygen atoms in total. The van der Waals surface area contributed by atoms with Crippen LogP contribution in [0.1, 0.15) is 35.5 Å². The number of fused-ring (bicyclic) bond motifs is 1. The van der Waals surface area contributed by atoms with E-state index in [4.69, 9.17) is 4.74 Å². The number of nitrogens with zero attached hydrogens (tertiary/aromatic N) is 2. The number of aromatic nitrogens is 2. The Labute approximate surface area is 142 Å². The average molecular weight is 324 g/mol. The van der Waals surface area contributed by atoms with Crippen molar-refractivity contribution < 1.29 is 9.84 Å². The Morgan fingerprint density at radius 1 is 1.08 bits per heavy atom. The Kier molecular flexibility index (Phi) is 4.58. The van der Waals surface area contributed by atoms with Crippen LogP contribution in [0.3, 0.4) is 0 Å². The molecule has 2 aromatic carbocycles. The molecular formula is C20H24N2O2. The molecule has 126 valence electrons. The van der Waals surface area contributed by atoms with E-state index in [2.05, 4.69) is 42.5 Å². The van der Waals surface area contributed by atoms with Crippen molar-refractivity contribution in [1.29, 1.82) is 0 Å². The van der Waals surface area contributed by atoms with Crippen LogP contribution in [0.2, 0.25) is 0 Å². The molecule has 0 saturated carbocycles. The molecule has 1 unspecified atom stereocenters. The molecule has 0 spiro atoms. The highest BCUT2D eigenvalue weighted by Gasteiger charge is 2.15. The van der Waals surface area contributed by atoms with Crippen LogP contribution in [-0.2, 0) is 6.54 Å². The normalized spacial score (nSPS) is 12.5. The molecule has 0 amide bonds. The third kappa shape index (κ3) is 3.29. The molecule has 0 aliphatic rings. The van der Waals surface area contributed by atoms with Crippen LogP contribution in [0.15, 0.2) is 36.4 Å². The Balaban J connectivity index is 1.85. The van der Waals surface area contributed by atoms with Gasteiger partial charge in [0.1, 0.15) is 24.3 Å². The molecule has 1 atom stereocenters. The summed E-state index contributed by atoms with van der Waals surface area (Å²) in [5.74, 6) is 1.54. The molecule has 4 heteroatoms. The minimum Gasteiger partial charge on any atom is -0.492 e. The number of aryl methyl sites for hydroxylation is 3. The van der Waals surface area contributed by atoms with Crippen molar-refractivity contribution in [3.05, 3.63) is 58.9 Å². The van der Waals surface area contributed by atoms with E-state index < -0.39 is 6.10 Å². The number of benzene rings is 2. The Hall–Kier alpha value is -2.33. The van der Waals surface area contributed by atoms with Crippen LogP contribution >= 0.6 is 0 Å². The SMILES string of the molecule is Cc1ccc(OCCn2c(C(C)O)nc3cc(C)c(C)cc32)cc1. The lowest BCUT2D eigenvalue weighted by Gasteiger charge is -2.12. The van der Waals surface area contributed by atoms with Gasteiger partial charge in [0.05, 0.1) is 17.6 Å². The van der Waals surface area contributed by atoms with E-state index in [1.54, 1.807) is 6.92 Å². The van der Waals surface area contributed by atoms with Gasteiger partial charge in [-0.15, -0.1) is 0 Å². The Morgan fingerprint density at radius 3 is 2.42 bits per heavy atom. The summed E-state index contributed by atoms with van der Waals surface area (Å²) in [6, 6.07) is 12.2. The number of ether oxygens (including phenoxy) is 1. The zero-order chi connectivity index (χ0) is 17.3. The number of hydrogen-bond acceptors (Lipinski definition) is 3. The molecule has 0 saturated heterocycles. The molecule has 24 heavy (non-hydrogen) atoms. The molecular weight excluding hydrogens is 300 g/mol. The van der Waals surface area contributed by atoms with E-state index in [1.165, 1.54) is 16.7 Å². The van der Waals surface area contributed by atoms with Crippen LogP contribution < -0.4 is 4.74 Å². The zero-order valence-corrected chi connectivity index (χ0v) is 14.7. The molecule has 0 fully saturated rings. The van der Waals surface area contributed by atoms with Gasteiger partial charge in [-0.05, 0) is 63.1 Å². The first-order chi connectivity index (χ1) is 11.5. The lowest BCUT2D eigenvalue weighted by molar-refractivity contribution is 0.181. The summed E-state index contributed by atoms with van der Waals surface area (Å²) in [7, 11) is 0. The number of imidazole rings is 1. The second-order valence-electron chi connectivity index (χ2n) is 6.38. The highest BCUT2D eigenvalue weighted by Crippen LogP contribution is 2.24. The summed E-state index contributed by atoms with van der Waals surface area (Å²) < 4.78 is 7.90. The number of rotatable bonds is 5. The van der Waals surface area contributed by atoms with Crippen molar-refractivity contribution in [3.63, 3.8) is 0 Å². The van der Waals surface area contributed by atoms with Gasteiger partial charge in [-0.2, -0.15) is 0 Å². The molecule has 0 aliphatic heterocycles. The quantitative estimate of drug-likeness (QED) is 0.769. The van der Waals surface area contributed by atoms with Crippen molar-refractivity contribution in [2.45, 2.75) is 40.3 Å². The minimum atomic E-state index is -0.614. The van der Waals surface area contributed by atoms with E-state index in [9.17, 15) is 5.11 Å². The number of aliphatic hydroxyl groups is 1. The van der Waals surface area contributed by atoms with E-state index in [1.807, 2.05) is 24.3 Å². The maximum atomic E-state index is 10.1. The first-order valence-electron chi connectivity index (χ1n) is 8.30. The van der Waals surface area contributed by atoms with Gasteiger partial charge >= 0.3 is 0 Å². The van der Waals surface area contributed by atoms with Crippen molar-refractivity contribution in [3.8, 4) is 5.75 Å². The Morgan fingerprint density at radius 2 is 1.75 bits per heavy atom. The largest absolute Gasteiger partial charge is 0.492 e. The fourth-order valence-corrected chi connectivity index (χ4v) is 2.84. The second kappa shape index (κ2) is 6.65. The van der Waals surface area contributed by atoms with Crippen molar-refractivity contribution in [2.75, 3.05) is 6.61 Å². The minimum absolute atomic E-state index is 0.529. The summed E-state index contributed by atoms with van der Waals surface area (Å²) >= 11 is 0. The monoisotopic (exact) mass is 324 g/mol. The van der Waals surface area contributed by atoms with Crippen LogP contribution in [0, 0.1) is 20.8 Å². The van der Waals surface area contributed by atoms with E-state index in [0.717, 1.165) is 16.8 Å². The molecule has 3 rings (SSSR count). The summed E-state index contributed by atoms with van der Waals surface area (Å²) in [6.07, 6.45) is -0.614. The fourth-order valence-electron chi connectivity index (χ4n) is 2.84. The second-order valence-corrected chi connectivity index (χ2v) is 6.38. The van der Waals surface area contributed by atoms with Crippen molar-refractivity contribution in [1.82, 2.24) is 9.55 Å². The third-order valence-electron chi connectivity index (χ3n) is 4.37. The van der Waals surface area contributed by atoms with Gasteiger partial charge in [-0.25, -0.2) is 4.98 Å². The fraction of sp³-hybridized carbons (Fsp3) is 0.350.